The third kappa shape index (κ3) is 3.92. The lowest BCUT2D eigenvalue weighted by Gasteiger charge is -2.30. The molecule has 27 heavy (non-hydrogen) atoms. The number of nitrogens with zero attached hydrogens (tertiary/aromatic N) is 3. The molecule has 3 heterocycles. The Morgan fingerprint density at radius 3 is 2.59 bits per heavy atom. The van der Waals surface area contributed by atoms with Crippen molar-refractivity contribution in [3.8, 4) is 11.3 Å². The van der Waals surface area contributed by atoms with E-state index >= 15 is 0 Å². The Morgan fingerprint density at radius 1 is 1.11 bits per heavy atom. The molecule has 2 atom stereocenters. The molecule has 6 nitrogen and oxygen atoms in total. The van der Waals surface area contributed by atoms with Gasteiger partial charge in [-0.05, 0) is 31.8 Å². The van der Waals surface area contributed by atoms with E-state index in [0.29, 0.717) is 24.6 Å². The number of amides is 1. The maximum Gasteiger partial charge on any atom is 0.257 e. The summed E-state index contributed by atoms with van der Waals surface area (Å²) in [4.78, 5) is 17.6. The van der Waals surface area contributed by atoms with Crippen LogP contribution in [-0.2, 0) is 0 Å². The van der Waals surface area contributed by atoms with Gasteiger partial charge in [0, 0.05) is 37.7 Å². The molecule has 4 rings (SSSR count). The molecule has 0 unspecified atom stereocenters. The average Bonchev–Trinajstić information content (AvgIpc) is 3.36. The molecule has 144 valence electrons. The van der Waals surface area contributed by atoms with Gasteiger partial charge in [-0.3, -0.25) is 9.89 Å². The van der Waals surface area contributed by atoms with E-state index in [1.54, 1.807) is 6.20 Å². The second-order valence-corrected chi connectivity index (χ2v) is 7.80. The highest BCUT2D eigenvalue weighted by Crippen LogP contribution is 2.29. The van der Waals surface area contributed by atoms with Crippen molar-refractivity contribution in [2.45, 2.75) is 19.3 Å². The number of likely N-dealkylation sites (tertiary alicyclic amines) is 2. The van der Waals surface area contributed by atoms with Crippen LogP contribution in [0.25, 0.3) is 11.3 Å². The predicted molar refractivity (Wildman–Crippen MR) is 104 cm³/mol. The zero-order valence-corrected chi connectivity index (χ0v) is 15.7. The van der Waals surface area contributed by atoms with Gasteiger partial charge in [-0.2, -0.15) is 5.10 Å². The summed E-state index contributed by atoms with van der Waals surface area (Å²) in [5, 5.41) is 16.9. The van der Waals surface area contributed by atoms with Crippen LogP contribution < -0.4 is 0 Å². The average molecular weight is 368 g/mol. The van der Waals surface area contributed by atoms with Gasteiger partial charge in [-0.15, -0.1) is 0 Å². The maximum atomic E-state index is 13.2. The Morgan fingerprint density at radius 2 is 1.85 bits per heavy atom. The summed E-state index contributed by atoms with van der Waals surface area (Å²) in [5.74, 6) is 0.495. The number of aromatic amines is 1. The van der Waals surface area contributed by atoms with Crippen molar-refractivity contribution >= 4 is 5.91 Å². The lowest BCUT2D eigenvalue weighted by molar-refractivity contribution is 0.0779. The van der Waals surface area contributed by atoms with Crippen molar-refractivity contribution < 1.29 is 9.90 Å². The molecule has 2 aromatic rings. The van der Waals surface area contributed by atoms with Crippen molar-refractivity contribution in [1.29, 1.82) is 0 Å². The zero-order chi connectivity index (χ0) is 18.6. The second kappa shape index (κ2) is 8.23. The molecule has 2 aliphatic heterocycles. The van der Waals surface area contributed by atoms with Crippen LogP contribution in [0.5, 0.6) is 0 Å². The normalized spacial score (nSPS) is 23.7. The molecular formula is C21H28N4O2. The quantitative estimate of drug-likeness (QED) is 0.849. The minimum atomic E-state index is 0.00203. The van der Waals surface area contributed by atoms with Gasteiger partial charge >= 0.3 is 0 Å². The lowest BCUT2D eigenvalue weighted by atomic mass is 9.95. The SMILES string of the molecule is O=C(c1cn[nH]c1-c1ccccc1)N1C[C@@H](CN2CCCCC2)[C@@H](CO)C1. The summed E-state index contributed by atoms with van der Waals surface area (Å²) < 4.78 is 0. The van der Waals surface area contributed by atoms with E-state index < -0.39 is 0 Å². The monoisotopic (exact) mass is 368 g/mol. The molecule has 0 radical (unpaired) electrons. The Bertz CT molecular complexity index is 755. The maximum absolute atomic E-state index is 13.2. The van der Waals surface area contributed by atoms with Crippen molar-refractivity contribution in [3.63, 3.8) is 0 Å². The van der Waals surface area contributed by atoms with Crippen molar-refractivity contribution in [3.05, 3.63) is 42.1 Å². The molecule has 0 spiro atoms. The smallest absolute Gasteiger partial charge is 0.257 e. The molecule has 2 N–H and O–H groups in total. The number of nitrogens with one attached hydrogen (secondary N) is 1. The summed E-state index contributed by atoms with van der Waals surface area (Å²) in [6.07, 6.45) is 5.46. The summed E-state index contributed by atoms with van der Waals surface area (Å²) >= 11 is 0. The number of aromatic nitrogens is 2. The number of aliphatic hydroxyl groups is 1. The van der Waals surface area contributed by atoms with Gasteiger partial charge < -0.3 is 14.9 Å². The number of carbonyl (C=O) groups is 1. The van der Waals surface area contributed by atoms with Crippen LogP contribution in [0.1, 0.15) is 29.6 Å². The van der Waals surface area contributed by atoms with Crippen LogP contribution in [0, 0.1) is 11.8 Å². The molecule has 0 bridgehead atoms. The highest BCUT2D eigenvalue weighted by atomic mass is 16.3. The fourth-order valence-electron chi connectivity index (χ4n) is 4.44. The fourth-order valence-corrected chi connectivity index (χ4v) is 4.44. The van der Waals surface area contributed by atoms with E-state index in [-0.39, 0.29) is 18.4 Å². The number of hydrogen-bond donors (Lipinski definition) is 2. The van der Waals surface area contributed by atoms with E-state index in [2.05, 4.69) is 15.1 Å². The third-order valence-corrected chi connectivity index (χ3v) is 5.97. The number of H-pyrrole nitrogens is 1. The Labute approximate surface area is 160 Å². The van der Waals surface area contributed by atoms with Crippen molar-refractivity contribution in [2.75, 3.05) is 39.3 Å². The molecule has 1 aromatic carbocycles. The number of piperidine rings is 1. The van der Waals surface area contributed by atoms with Crippen molar-refractivity contribution in [2.24, 2.45) is 11.8 Å². The molecule has 1 amide bonds. The number of hydrogen-bond acceptors (Lipinski definition) is 4. The first-order chi connectivity index (χ1) is 13.3. The number of aliphatic hydroxyl groups excluding tert-OH is 1. The molecule has 0 aliphatic carbocycles. The third-order valence-electron chi connectivity index (χ3n) is 5.97. The van der Waals surface area contributed by atoms with E-state index in [0.717, 1.165) is 30.9 Å². The highest BCUT2D eigenvalue weighted by Gasteiger charge is 2.37. The van der Waals surface area contributed by atoms with Gasteiger partial charge in [0.1, 0.15) is 0 Å². The number of rotatable bonds is 5. The fraction of sp³-hybridized carbons (Fsp3) is 0.524. The Hall–Kier alpha value is -2.18. The first kappa shape index (κ1) is 18.2. The molecule has 2 fully saturated rings. The molecule has 0 saturated carbocycles. The lowest BCUT2D eigenvalue weighted by Crippen LogP contribution is -2.37. The van der Waals surface area contributed by atoms with Crippen LogP contribution >= 0.6 is 0 Å². The zero-order valence-electron chi connectivity index (χ0n) is 15.7. The highest BCUT2D eigenvalue weighted by molar-refractivity contribution is 5.99. The van der Waals surface area contributed by atoms with E-state index in [9.17, 15) is 9.90 Å². The Balaban J connectivity index is 1.47. The first-order valence-electron chi connectivity index (χ1n) is 9.97. The molecule has 2 saturated heterocycles. The summed E-state index contributed by atoms with van der Waals surface area (Å²) in [7, 11) is 0. The van der Waals surface area contributed by atoms with Crippen LogP contribution in [0.2, 0.25) is 0 Å². The minimum Gasteiger partial charge on any atom is -0.396 e. The summed E-state index contributed by atoms with van der Waals surface area (Å²) in [6, 6.07) is 9.82. The van der Waals surface area contributed by atoms with E-state index in [1.807, 2.05) is 35.2 Å². The van der Waals surface area contributed by atoms with Crippen LogP contribution in [0.3, 0.4) is 0 Å². The van der Waals surface area contributed by atoms with Crippen LogP contribution in [0.4, 0.5) is 0 Å². The Kier molecular flexibility index (Phi) is 5.55. The predicted octanol–water partition coefficient (Wildman–Crippen LogP) is 2.24. The van der Waals surface area contributed by atoms with E-state index in [4.69, 9.17) is 0 Å². The van der Waals surface area contributed by atoms with Crippen molar-refractivity contribution in [1.82, 2.24) is 20.0 Å². The largest absolute Gasteiger partial charge is 0.396 e. The van der Waals surface area contributed by atoms with Gasteiger partial charge in [0.15, 0.2) is 0 Å². The topological polar surface area (TPSA) is 72.5 Å². The molecule has 1 aromatic heterocycles. The first-order valence-corrected chi connectivity index (χ1v) is 9.97. The molecule has 2 aliphatic rings. The van der Waals surface area contributed by atoms with Gasteiger partial charge in [-0.1, -0.05) is 36.8 Å². The van der Waals surface area contributed by atoms with Gasteiger partial charge in [0.25, 0.3) is 5.91 Å². The summed E-state index contributed by atoms with van der Waals surface area (Å²) in [5.41, 5.74) is 2.33. The molecule has 6 heteroatoms. The van der Waals surface area contributed by atoms with Crippen LogP contribution in [0.15, 0.2) is 36.5 Å². The van der Waals surface area contributed by atoms with Gasteiger partial charge in [-0.25, -0.2) is 0 Å². The number of benzene rings is 1. The molecular weight excluding hydrogens is 340 g/mol. The van der Waals surface area contributed by atoms with Gasteiger partial charge in [0.05, 0.1) is 17.5 Å². The van der Waals surface area contributed by atoms with Crippen LogP contribution in [-0.4, -0.2) is 70.3 Å². The standard InChI is InChI=1S/C21H28N4O2/c26-15-18-14-25(13-17(18)12-24-9-5-2-6-10-24)21(27)19-11-22-23-20(19)16-7-3-1-4-8-16/h1,3-4,7-8,11,17-18,26H,2,5-6,9-10,12-15H2,(H,22,23)/t17-,18-/m1/s1. The summed E-state index contributed by atoms with van der Waals surface area (Å²) in [6.45, 7) is 4.73. The van der Waals surface area contributed by atoms with E-state index in [1.165, 1.54) is 19.3 Å². The van der Waals surface area contributed by atoms with Gasteiger partial charge in [0.2, 0.25) is 0 Å². The minimum absolute atomic E-state index is 0.00203. The second-order valence-electron chi connectivity index (χ2n) is 7.80. The number of carbonyl (C=O) groups excluding carboxylic acids is 1.